The summed E-state index contributed by atoms with van der Waals surface area (Å²) in [6.45, 7) is 1.29. The van der Waals surface area contributed by atoms with Crippen molar-refractivity contribution in [1.29, 1.82) is 0 Å². The van der Waals surface area contributed by atoms with E-state index in [1.807, 2.05) is 6.07 Å². The lowest BCUT2D eigenvalue weighted by atomic mass is 10.1. The van der Waals surface area contributed by atoms with Crippen LogP contribution in [-0.2, 0) is 9.59 Å². The summed E-state index contributed by atoms with van der Waals surface area (Å²) in [5.41, 5.74) is 0.856. The van der Waals surface area contributed by atoms with E-state index in [0.29, 0.717) is 22.1 Å². The zero-order valence-electron chi connectivity index (χ0n) is 15.4. The van der Waals surface area contributed by atoms with Gasteiger partial charge in [-0.25, -0.2) is 13.8 Å². The van der Waals surface area contributed by atoms with Crippen LogP contribution in [0.25, 0.3) is 11.3 Å². The summed E-state index contributed by atoms with van der Waals surface area (Å²) in [5, 5.41) is 5.32. The minimum Gasteiger partial charge on any atom is -0.484 e. The fraction of sp³-hybridized carbons (Fsp3) is 0.150. The summed E-state index contributed by atoms with van der Waals surface area (Å²) in [7, 11) is 0. The van der Waals surface area contributed by atoms with Crippen LogP contribution in [0.1, 0.15) is 4.88 Å². The fourth-order valence-electron chi connectivity index (χ4n) is 2.42. The molecule has 0 saturated heterocycles. The molecule has 0 aliphatic rings. The number of hydrogen-bond donors (Lipinski definition) is 2. The highest BCUT2D eigenvalue weighted by molar-refractivity contribution is 7.16. The molecule has 0 aliphatic carbocycles. The van der Waals surface area contributed by atoms with E-state index in [2.05, 4.69) is 15.6 Å². The predicted molar refractivity (Wildman–Crippen MR) is 106 cm³/mol. The molecule has 0 bridgehead atoms. The average molecular weight is 417 g/mol. The van der Waals surface area contributed by atoms with Crippen LogP contribution in [0, 0.1) is 18.6 Å². The second kappa shape index (κ2) is 9.24. The van der Waals surface area contributed by atoms with Crippen LogP contribution < -0.4 is 15.4 Å². The van der Waals surface area contributed by atoms with Crippen molar-refractivity contribution < 1.29 is 23.1 Å². The number of benzene rings is 2. The molecule has 0 radical (unpaired) electrons. The Hall–Kier alpha value is -3.33. The topological polar surface area (TPSA) is 80.3 Å². The van der Waals surface area contributed by atoms with Gasteiger partial charge in [0.2, 0.25) is 5.91 Å². The molecule has 0 spiro atoms. The molecule has 9 heteroatoms. The summed E-state index contributed by atoms with van der Waals surface area (Å²) >= 11 is 1.19. The van der Waals surface area contributed by atoms with E-state index in [0.717, 1.165) is 17.0 Å². The summed E-state index contributed by atoms with van der Waals surface area (Å²) in [6, 6.07) is 12.3. The van der Waals surface area contributed by atoms with Gasteiger partial charge in [0.05, 0.1) is 12.2 Å². The van der Waals surface area contributed by atoms with E-state index >= 15 is 0 Å². The molecule has 0 fully saturated rings. The van der Waals surface area contributed by atoms with E-state index in [4.69, 9.17) is 4.74 Å². The Kier molecular flexibility index (Phi) is 6.50. The lowest BCUT2D eigenvalue weighted by molar-refractivity contribution is -0.125. The second-order valence-electron chi connectivity index (χ2n) is 5.98. The molecule has 29 heavy (non-hydrogen) atoms. The van der Waals surface area contributed by atoms with Crippen LogP contribution in [0.2, 0.25) is 0 Å². The molecule has 2 aromatic carbocycles. The molecule has 0 aliphatic heterocycles. The Labute approximate surface area is 169 Å². The number of rotatable bonds is 7. The van der Waals surface area contributed by atoms with Gasteiger partial charge in [-0.2, -0.15) is 0 Å². The predicted octanol–water partition coefficient (Wildman–Crippen LogP) is 3.53. The Balaban J connectivity index is 1.51. The van der Waals surface area contributed by atoms with E-state index in [-0.39, 0.29) is 13.2 Å². The van der Waals surface area contributed by atoms with Gasteiger partial charge in [-0.1, -0.05) is 18.2 Å². The standard InChI is InChI=1S/C20H17F2N3O3S/c1-12-19(13-7-8-15(21)16(22)9-13)25-20(29-12)24-17(26)10-23-18(27)11-28-14-5-3-2-4-6-14/h2-9H,10-11H2,1H3,(H,23,27)(H,24,25,26). The minimum atomic E-state index is -0.971. The number of carbonyl (C=O) groups excluding carboxylic acids is 2. The number of nitrogens with zero attached hydrogens (tertiary/aromatic N) is 1. The van der Waals surface area contributed by atoms with Crippen LogP contribution in [0.4, 0.5) is 13.9 Å². The Bertz CT molecular complexity index is 1030. The van der Waals surface area contributed by atoms with Gasteiger partial charge in [0.15, 0.2) is 23.4 Å². The second-order valence-corrected chi connectivity index (χ2v) is 7.18. The van der Waals surface area contributed by atoms with Gasteiger partial charge >= 0.3 is 0 Å². The van der Waals surface area contributed by atoms with Gasteiger partial charge in [0.25, 0.3) is 5.91 Å². The van der Waals surface area contributed by atoms with E-state index in [1.165, 1.54) is 17.4 Å². The van der Waals surface area contributed by atoms with Crippen molar-refractivity contribution in [3.05, 3.63) is 65.0 Å². The van der Waals surface area contributed by atoms with Crippen molar-refractivity contribution in [2.45, 2.75) is 6.92 Å². The van der Waals surface area contributed by atoms with Crippen LogP contribution in [0.3, 0.4) is 0 Å². The third-order valence-electron chi connectivity index (χ3n) is 3.80. The van der Waals surface area contributed by atoms with Crippen molar-refractivity contribution >= 4 is 28.3 Å². The van der Waals surface area contributed by atoms with Crippen molar-refractivity contribution in [2.24, 2.45) is 0 Å². The number of para-hydroxylation sites is 1. The Morgan fingerprint density at radius 3 is 2.55 bits per heavy atom. The van der Waals surface area contributed by atoms with Gasteiger partial charge in [-0.15, -0.1) is 11.3 Å². The van der Waals surface area contributed by atoms with Crippen LogP contribution >= 0.6 is 11.3 Å². The maximum absolute atomic E-state index is 13.4. The van der Waals surface area contributed by atoms with E-state index in [1.54, 1.807) is 31.2 Å². The first-order valence-corrected chi connectivity index (χ1v) is 9.41. The van der Waals surface area contributed by atoms with E-state index < -0.39 is 23.4 Å². The molecule has 0 atom stereocenters. The van der Waals surface area contributed by atoms with Crippen LogP contribution in [0.15, 0.2) is 48.5 Å². The van der Waals surface area contributed by atoms with Gasteiger partial charge in [0.1, 0.15) is 5.75 Å². The fourth-order valence-corrected chi connectivity index (χ4v) is 3.27. The molecule has 6 nitrogen and oxygen atoms in total. The number of aryl methyl sites for hydroxylation is 1. The van der Waals surface area contributed by atoms with Gasteiger partial charge in [-0.3, -0.25) is 9.59 Å². The third-order valence-corrected chi connectivity index (χ3v) is 4.68. The number of amides is 2. The zero-order valence-corrected chi connectivity index (χ0v) is 16.2. The third kappa shape index (κ3) is 5.58. The molecular formula is C20H17F2N3O3S. The van der Waals surface area contributed by atoms with Crippen LogP contribution in [-0.4, -0.2) is 29.9 Å². The molecule has 1 heterocycles. The normalized spacial score (nSPS) is 10.4. The summed E-state index contributed by atoms with van der Waals surface area (Å²) in [5.74, 6) is -2.27. The highest BCUT2D eigenvalue weighted by Crippen LogP contribution is 2.31. The summed E-state index contributed by atoms with van der Waals surface area (Å²) in [4.78, 5) is 28.8. The number of ether oxygens (including phenoxy) is 1. The Morgan fingerprint density at radius 1 is 1.07 bits per heavy atom. The smallest absolute Gasteiger partial charge is 0.258 e. The monoisotopic (exact) mass is 417 g/mol. The summed E-state index contributed by atoms with van der Waals surface area (Å²) in [6.07, 6.45) is 0. The van der Waals surface area contributed by atoms with Gasteiger partial charge in [-0.05, 0) is 37.3 Å². The zero-order chi connectivity index (χ0) is 20.8. The maximum Gasteiger partial charge on any atom is 0.258 e. The molecule has 0 unspecified atom stereocenters. The molecule has 1 aromatic heterocycles. The van der Waals surface area contributed by atoms with Crippen LogP contribution in [0.5, 0.6) is 5.75 Å². The largest absolute Gasteiger partial charge is 0.484 e. The lowest BCUT2D eigenvalue weighted by Gasteiger charge is -2.07. The number of thiazole rings is 1. The van der Waals surface area contributed by atoms with Gasteiger partial charge in [0, 0.05) is 10.4 Å². The van der Waals surface area contributed by atoms with Crippen molar-refractivity contribution in [3.8, 4) is 17.0 Å². The molecule has 2 N–H and O–H groups in total. The highest BCUT2D eigenvalue weighted by Gasteiger charge is 2.14. The molecule has 3 rings (SSSR count). The number of carbonyl (C=O) groups is 2. The van der Waals surface area contributed by atoms with Crippen molar-refractivity contribution in [3.63, 3.8) is 0 Å². The number of aromatic nitrogens is 1. The first-order chi connectivity index (χ1) is 13.9. The minimum absolute atomic E-state index is 0.214. The number of hydrogen-bond acceptors (Lipinski definition) is 5. The highest BCUT2D eigenvalue weighted by atomic mass is 32.1. The first-order valence-electron chi connectivity index (χ1n) is 8.59. The maximum atomic E-state index is 13.4. The number of anilines is 1. The molecule has 3 aromatic rings. The Morgan fingerprint density at radius 2 is 1.83 bits per heavy atom. The van der Waals surface area contributed by atoms with Crippen molar-refractivity contribution in [2.75, 3.05) is 18.5 Å². The number of nitrogens with one attached hydrogen (secondary N) is 2. The van der Waals surface area contributed by atoms with Gasteiger partial charge < -0.3 is 15.4 Å². The summed E-state index contributed by atoms with van der Waals surface area (Å²) < 4.78 is 31.8. The van der Waals surface area contributed by atoms with Crippen molar-refractivity contribution in [1.82, 2.24) is 10.3 Å². The first kappa shape index (κ1) is 20.4. The lowest BCUT2D eigenvalue weighted by Crippen LogP contribution is -2.35. The SMILES string of the molecule is Cc1sc(NC(=O)CNC(=O)COc2ccccc2)nc1-c1ccc(F)c(F)c1. The quantitative estimate of drug-likeness (QED) is 0.616. The molecule has 150 valence electrons. The molecule has 0 saturated carbocycles. The molecular weight excluding hydrogens is 400 g/mol. The molecule has 2 amide bonds. The van der Waals surface area contributed by atoms with E-state index in [9.17, 15) is 18.4 Å². The number of halogens is 2. The average Bonchev–Trinajstić information content (AvgIpc) is 3.07.